The molecule has 0 unspecified atom stereocenters. The van der Waals surface area contributed by atoms with E-state index in [-0.39, 0.29) is 5.75 Å². The monoisotopic (exact) mass is 282 g/mol. The molecule has 0 aliphatic heterocycles. The van der Waals surface area contributed by atoms with Gasteiger partial charge in [-0.2, -0.15) is 8.42 Å². The Kier molecular flexibility index (Phi) is 6.74. The number of unbranched alkanes of at least 4 members (excludes halogenated alkanes) is 3. The molecule has 0 spiro atoms. The van der Waals surface area contributed by atoms with Gasteiger partial charge < -0.3 is 0 Å². The van der Waals surface area contributed by atoms with E-state index >= 15 is 0 Å². The largest absolute Gasteiger partial charge is 0.286 e. The number of alkyl halides is 3. The third-order valence-corrected chi connectivity index (χ3v) is 2.98. The van der Waals surface area contributed by atoms with Crippen LogP contribution in [-0.4, -0.2) is 22.5 Å². The standard InChI is InChI=1S/C7H13Cl3O3S/c8-7(9,10)5-3-1-2-4-6-14(11,12)13/h1-6H2,(H,11,12,13). The van der Waals surface area contributed by atoms with E-state index in [9.17, 15) is 8.42 Å². The van der Waals surface area contributed by atoms with Crippen LogP contribution in [-0.2, 0) is 10.1 Å². The molecular weight excluding hydrogens is 270 g/mol. The molecule has 0 aromatic rings. The Bertz CT molecular complexity index is 245. The number of hydrogen-bond acceptors (Lipinski definition) is 2. The van der Waals surface area contributed by atoms with Gasteiger partial charge in [-0.05, 0) is 19.3 Å². The molecule has 14 heavy (non-hydrogen) atoms. The van der Waals surface area contributed by atoms with E-state index < -0.39 is 13.9 Å². The highest BCUT2D eigenvalue weighted by atomic mass is 35.6. The maximum Gasteiger partial charge on any atom is 0.264 e. The van der Waals surface area contributed by atoms with Crippen molar-refractivity contribution in [2.45, 2.75) is 35.9 Å². The summed E-state index contributed by atoms with van der Waals surface area (Å²) in [4.78, 5) is 0. The van der Waals surface area contributed by atoms with Crippen LogP contribution in [0.4, 0.5) is 0 Å². The van der Waals surface area contributed by atoms with Crippen LogP contribution < -0.4 is 0 Å². The Labute approximate surface area is 99.5 Å². The molecule has 0 aliphatic carbocycles. The Morgan fingerprint density at radius 1 is 1.00 bits per heavy atom. The Morgan fingerprint density at radius 3 is 1.93 bits per heavy atom. The van der Waals surface area contributed by atoms with Crippen LogP contribution in [0.15, 0.2) is 0 Å². The second-order valence-corrected chi connectivity index (χ2v) is 7.15. The van der Waals surface area contributed by atoms with E-state index in [0.717, 1.165) is 12.8 Å². The Hall–Kier alpha value is 0.780. The van der Waals surface area contributed by atoms with Crippen molar-refractivity contribution < 1.29 is 13.0 Å². The highest BCUT2D eigenvalue weighted by molar-refractivity contribution is 7.85. The Morgan fingerprint density at radius 2 is 1.50 bits per heavy atom. The van der Waals surface area contributed by atoms with Crippen molar-refractivity contribution in [2.24, 2.45) is 0 Å². The lowest BCUT2D eigenvalue weighted by Gasteiger charge is -2.09. The van der Waals surface area contributed by atoms with Gasteiger partial charge >= 0.3 is 0 Å². The minimum Gasteiger partial charge on any atom is -0.286 e. The summed E-state index contributed by atoms with van der Waals surface area (Å²) in [6.07, 6.45) is 3.15. The quantitative estimate of drug-likeness (QED) is 0.463. The first-order chi connectivity index (χ1) is 6.21. The molecule has 0 atom stereocenters. The topological polar surface area (TPSA) is 54.4 Å². The molecule has 0 saturated heterocycles. The van der Waals surface area contributed by atoms with Crippen LogP contribution in [0.1, 0.15) is 32.1 Å². The fourth-order valence-corrected chi connectivity index (χ4v) is 1.93. The van der Waals surface area contributed by atoms with Gasteiger partial charge in [-0.1, -0.05) is 47.6 Å². The second-order valence-electron chi connectivity index (χ2n) is 3.07. The summed E-state index contributed by atoms with van der Waals surface area (Å²) >= 11 is 16.5. The average Bonchev–Trinajstić information content (AvgIpc) is 1.92. The average molecular weight is 284 g/mol. The molecule has 0 aliphatic rings. The molecular formula is C7H13Cl3O3S. The van der Waals surface area contributed by atoms with Gasteiger partial charge in [0.15, 0.2) is 3.79 Å². The van der Waals surface area contributed by atoms with Gasteiger partial charge in [-0.25, -0.2) is 0 Å². The molecule has 0 aromatic carbocycles. The third-order valence-electron chi connectivity index (χ3n) is 1.61. The maximum absolute atomic E-state index is 10.3. The minimum absolute atomic E-state index is 0.194. The summed E-state index contributed by atoms with van der Waals surface area (Å²) in [7, 11) is -3.82. The van der Waals surface area contributed by atoms with Gasteiger partial charge in [-0.15, -0.1) is 0 Å². The van der Waals surface area contributed by atoms with Crippen LogP contribution in [0.3, 0.4) is 0 Å². The van der Waals surface area contributed by atoms with Crippen molar-refractivity contribution in [3.63, 3.8) is 0 Å². The first kappa shape index (κ1) is 14.8. The first-order valence-electron chi connectivity index (χ1n) is 4.23. The van der Waals surface area contributed by atoms with Crippen molar-refractivity contribution in [2.75, 3.05) is 5.75 Å². The van der Waals surface area contributed by atoms with Crippen molar-refractivity contribution in [3.05, 3.63) is 0 Å². The molecule has 0 aromatic heterocycles. The number of halogens is 3. The zero-order valence-electron chi connectivity index (χ0n) is 7.55. The van der Waals surface area contributed by atoms with E-state index in [1.807, 2.05) is 0 Å². The summed E-state index contributed by atoms with van der Waals surface area (Å²) in [5.41, 5.74) is 0. The lowest BCUT2D eigenvalue weighted by Crippen LogP contribution is -2.04. The predicted octanol–water partition coefficient (Wildman–Crippen LogP) is 3.19. The van der Waals surface area contributed by atoms with E-state index in [1.165, 1.54) is 0 Å². The maximum atomic E-state index is 10.3. The highest BCUT2D eigenvalue weighted by Crippen LogP contribution is 2.32. The fraction of sp³-hybridized carbons (Fsp3) is 1.00. The van der Waals surface area contributed by atoms with E-state index in [1.54, 1.807) is 0 Å². The summed E-state index contributed by atoms with van der Waals surface area (Å²) in [5.74, 6) is -0.194. The highest BCUT2D eigenvalue weighted by Gasteiger charge is 2.18. The SMILES string of the molecule is O=S(=O)(O)CCCCCCC(Cl)(Cl)Cl. The van der Waals surface area contributed by atoms with Crippen LogP contribution in [0, 0.1) is 0 Å². The third kappa shape index (κ3) is 12.8. The summed E-state index contributed by atoms with van der Waals surface area (Å²) in [6, 6.07) is 0. The second kappa shape index (κ2) is 6.38. The predicted molar refractivity (Wildman–Crippen MR) is 59.8 cm³/mol. The van der Waals surface area contributed by atoms with E-state index in [0.29, 0.717) is 19.3 Å². The lowest BCUT2D eigenvalue weighted by molar-refractivity contribution is 0.479. The van der Waals surface area contributed by atoms with E-state index in [2.05, 4.69) is 0 Å². The normalized spacial score (nSPS) is 13.1. The van der Waals surface area contributed by atoms with Gasteiger partial charge in [0.25, 0.3) is 10.1 Å². The molecule has 0 bridgehead atoms. The van der Waals surface area contributed by atoms with Crippen LogP contribution in [0.25, 0.3) is 0 Å². The molecule has 0 radical (unpaired) electrons. The van der Waals surface area contributed by atoms with Crippen molar-refractivity contribution in [1.82, 2.24) is 0 Å². The molecule has 0 amide bonds. The lowest BCUT2D eigenvalue weighted by atomic mass is 10.2. The smallest absolute Gasteiger partial charge is 0.264 e. The zero-order valence-corrected chi connectivity index (χ0v) is 10.6. The van der Waals surface area contributed by atoms with Crippen molar-refractivity contribution in [3.8, 4) is 0 Å². The van der Waals surface area contributed by atoms with Crippen LogP contribution in [0.5, 0.6) is 0 Å². The molecule has 3 nitrogen and oxygen atoms in total. The fourth-order valence-electron chi connectivity index (χ4n) is 0.963. The summed E-state index contributed by atoms with van der Waals surface area (Å²) < 4.78 is 27.8. The molecule has 86 valence electrons. The van der Waals surface area contributed by atoms with Gasteiger partial charge in [-0.3, -0.25) is 4.55 Å². The molecule has 0 fully saturated rings. The van der Waals surface area contributed by atoms with Crippen LogP contribution in [0.2, 0.25) is 0 Å². The summed E-state index contributed by atoms with van der Waals surface area (Å²) in [6.45, 7) is 0. The number of hydrogen-bond donors (Lipinski definition) is 1. The molecule has 1 N–H and O–H groups in total. The van der Waals surface area contributed by atoms with Gasteiger partial charge in [0, 0.05) is 0 Å². The van der Waals surface area contributed by atoms with Gasteiger partial charge in [0.05, 0.1) is 5.75 Å². The van der Waals surface area contributed by atoms with Crippen molar-refractivity contribution >= 4 is 44.9 Å². The van der Waals surface area contributed by atoms with Gasteiger partial charge in [0.2, 0.25) is 0 Å². The van der Waals surface area contributed by atoms with E-state index in [4.69, 9.17) is 39.4 Å². The number of rotatable bonds is 6. The molecule has 7 heteroatoms. The van der Waals surface area contributed by atoms with Crippen LogP contribution >= 0.6 is 34.8 Å². The Balaban J connectivity index is 3.32. The molecule has 0 saturated carbocycles. The van der Waals surface area contributed by atoms with Crippen molar-refractivity contribution in [1.29, 1.82) is 0 Å². The zero-order chi connectivity index (χ0) is 11.2. The first-order valence-corrected chi connectivity index (χ1v) is 6.97. The minimum atomic E-state index is -3.82. The van der Waals surface area contributed by atoms with Gasteiger partial charge in [0.1, 0.15) is 0 Å². The summed E-state index contributed by atoms with van der Waals surface area (Å²) in [5, 5.41) is 0. The molecule has 0 heterocycles. The molecule has 0 rings (SSSR count).